The van der Waals surface area contributed by atoms with Gasteiger partial charge in [0.25, 0.3) is 0 Å². The van der Waals surface area contributed by atoms with E-state index in [9.17, 15) is 0 Å². The maximum absolute atomic E-state index is 8.99. The lowest BCUT2D eigenvalue weighted by atomic mass is 9.91. The molecule has 21 heavy (non-hydrogen) atoms. The minimum atomic E-state index is 0.0495. The first-order valence-corrected chi connectivity index (χ1v) is 7.05. The van der Waals surface area contributed by atoms with Crippen LogP contribution in [0.1, 0.15) is 30.1 Å². The van der Waals surface area contributed by atoms with Gasteiger partial charge in [-0.1, -0.05) is 0 Å². The van der Waals surface area contributed by atoms with E-state index in [2.05, 4.69) is 26.7 Å². The number of aromatic amines is 1. The predicted molar refractivity (Wildman–Crippen MR) is 76.4 cm³/mol. The lowest BCUT2D eigenvalue weighted by Crippen LogP contribution is -2.28. The highest BCUT2D eigenvalue weighted by Gasteiger charge is 2.28. The molecular weight excluding hydrogens is 268 g/mol. The van der Waals surface area contributed by atoms with Crippen LogP contribution in [-0.4, -0.2) is 33.1 Å². The number of aromatic nitrogens is 4. The van der Waals surface area contributed by atoms with Crippen LogP contribution < -0.4 is 5.32 Å². The van der Waals surface area contributed by atoms with Crippen molar-refractivity contribution in [3.8, 4) is 6.07 Å². The van der Waals surface area contributed by atoms with Gasteiger partial charge in [0.05, 0.1) is 18.5 Å². The number of hydrogen-bond acceptors (Lipinski definition) is 5. The monoisotopic (exact) mass is 286 g/mol. The Bertz CT molecular complexity index is 640. The minimum Gasteiger partial charge on any atom is -0.373 e. The van der Waals surface area contributed by atoms with Gasteiger partial charge in [0.1, 0.15) is 17.5 Å². The predicted octanol–water partition coefficient (Wildman–Crippen LogP) is 1.59. The summed E-state index contributed by atoms with van der Waals surface area (Å²) in [5.74, 6) is 1.02. The highest BCUT2D eigenvalue weighted by atomic mass is 16.5. The van der Waals surface area contributed by atoms with Crippen LogP contribution in [0.5, 0.6) is 0 Å². The van der Waals surface area contributed by atoms with Crippen LogP contribution in [0.25, 0.3) is 0 Å². The van der Waals surface area contributed by atoms with Gasteiger partial charge in [-0.3, -0.25) is 9.78 Å². The first-order chi connectivity index (χ1) is 10.3. The van der Waals surface area contributed by atoms with Gasteiger partial charge >= 0.3 is 0 Å². The summed E-state index contributed by atoms with van der Waals surface area (Å²) >= 11 is 0. The van der Waals surface area contributed by atoms with Crippen molar-refractivity contribution < 1.29 is 4.74 Å². The molecule has 2 aromatic rings. The normalized spacial score (nSPS) is 21.9. The number of rotatable bonds is 4. The molecule has 0 bridgehead atoms. The van der Waals surface area contributed by atoms with Gasteiger partial charge in [-0.2, -0.15) is 15.5 Å². The number of nitrogens with one attached hydrogen (secondary N) is 2. The van der Waals surface area contributed by atoms with Gasteiger partial charge in [-0.25, -0.2) is 0 Å². The lowest BCUT2D eigenvalue weighted by molar-refractivity contribution is -0.0239. The van der Waals surface area contributed by atoms with Gasteiger partial charge in [0, 0.05) is 37.9 Å². The molecule has 0 unspecified atom stereocenters. The highest BCUT2D eigenvalue weighted by Crippen LogP contribution is 2.33. The molecule has 0 amide bonds. The molecule has 1 aliphatic rings. The van der Waals surface area contributed by atoms with Gasteiger partial charge < -0.3 is 10.1 Å². The topological polar surface area (TPSA) is 91.5 Å². The summed E-state index contributed by atoms with van der Waals surface area (Å²) in [6.07, 6.45) is 7.58. The van der Waals surface area contributed by atoms with Crippen LogP contribution in [0.15, 0.2) is 18.6 Å². The third kappa shape index (κ3) is 2.90. The van der Waals surface area contributed by atoms with Crippen LogP contribution in [-0.2, 0) is 11.8 Å². The van der Waals surface area contributed by atoms with Crippen molar-refractivity contribution in [1.82, 2.24) is 20.0 Å². The Kier molecular flexibility index (Phi) is 3.88. The number of aryl methyl sites for hydroxylation is 1. The third-order valence-corrected chi connectivity index (χ3v) is 3.80. The van der Waals surface area contributed by atoms with Crippen molar-refractivity contribution in [2.24, 2.45) is 13.0 Å². The van der Waals surface area contributed by atoms with Gasteiger partial charge in [0.15, 0.2) is 0 Å². The molecule has 0 aliphatic carbocycles. The van der Waals surface area contributed by atoms with Crippen molar-refractivity contribution >= 4 is 5.82 Å². The summed E-state index contributed by atoms with van der Waals surface area (Å²) in [5, 5.41) is 23.2. The Morgan fingerprint density at radius 3 is 3.24 bits per heavy atom. The van der Waals surface area contributed by atoms with E-state index in [4.69, 9.17) is 10.00 Å². The molecule has 3 rings (SSSR count). The molecule has 7 heteroatoms. The van der Waals surface area contributed by atoms with E-state index in [0.717, 1.165) is 31.6 Å². The van der Waals surface area contributed by atoms with E-state index in [1.54, 1.807) is 4.68 Å². The van der Waals surface area contributed by atoms with E-state index >= 15 is 0 Å². The van der Waals surface area contributed by atoms with Crippen molar-refractivity contribution in [2.45, 2.75) is 18.9 Å². The Hall–Kier alpha value is -2.33. The summed E-state index contributed by atoms with van der Waals surface area (Å²) < 4.78 is 7.72. The van der Waals surface area contributed by atoms with E-state index in [1.807, 2.05) is 19.4 Å². The Labute approximate surface area is 122 Å². The van der Waals surface area contributed by atoms with Crippen molar-refractivity contribution in [3.05, 3.63) is 29.7 Å². The molecule has 1 fully saturated rings. The molecule has 0 saturated carbocycles. The fraction of sp³-hybridized carbons (Fsp3) is 0.500. The average Bonchev–Trinajstić information content (AvgIpc) is 3.13. The molecule has 0 aromatic carbocycles. The lowest BCUT2D eigenvalue weighted by Gasteiger charge is -2.31. The Morgan fingerprint density at radius 1 is 1.57 bits per heavy atom. The Morgan fingerprint density at radius 2 is 2.48 bits per heavy atom. The van der Waals surface area contributed by atoms with Crippen LogP contribution in [0, 0.1) is 17.2 Å². The van der Waals surface area contributed by atoms with Crippen LogP contribution in [0.4, 0.5) is 5.82 Å². The van der Waals surface area contributed by atoms with E-state index in [0.29, 0.717) is 17.3 Å². The zero-order chi connectivity index (χ0) is 14.7. The van der Waals surface area contributed by atoms with Crippen molar-refractivity contribution in [2.75, 3.05) is 18.5 Å². The van der Waals surface area contributed by atoms with E-state index in [-0.39, 0.29) is 6.10 Å². The van der Waals surface area contributed by atoms with Crippen LogP contribution >= 0.6 is 0 Å². The largest absolute Gasteiger partial charge is 0.373 e. The van der Waals surface area contributed by atoms with Gasteiger partial charge in [0.2, 0.25) is 0 Å². The molecular formula is C14H18N6O. The fourth-order valence-electron chi connectivity index (χ4n) is 2.75. The Balaban J connectivity index is 1.69. The number of nitrogens with zero attached hydrogens (tertiary/aromatic N) is 4. The van der Waals surface area contributed by atoms with E-state index < -0.39 is 0 Å². The molecule has 110 valence electrons. The second kappa shape index (κ2) is 5.97. The minimum absolute atomic E-state index is 0.0495. The van der Waals surface area contributed by atoms with E-state index in [1.165, 1.54) is 6.20 Å². The quantitative estimate of drug-likeness (QED) is 0.890. The summed E-state index contributed by atoms with van der Waals surface area (Å²) in [7, 11) is 1.91. The average molecular weight is 286 g/mol. The molecule has 2 N–H and O–H groups in total. The second-order valence-electron chi connectivity index (χ2n) is 5.29. The SMILES string of the molecule is Cn1cc([C@@H]2OCCC[C@H]2CNc2[nH]ncc2C#N)cn1. The highest BCUT2D eigenvalue weighted by molar-refractivity contribution is 5.50. The summed E-state index contributed by atoms with van der Waals surface area (Å²) in [5.41, 5.74) is 1.64. The number of nitriles is 1. The molecule has 0 spiro atoms. The molecule has 2 aromatic heterocycles. The maximum atomic E-state index is 8.99. The summed E-state index contributed by atoms with van der Waals surface area (Å²) in [6.45, 7) is 1.51. The zero-order valence-corrected chi connectivity index (χ0v) is 11.9. The maximum Gasteiger partial charge on any atom is 0.139 e. The first-order valence-electron chi connectivity index (χ1n) is 7.05. The second-order valence-corrected chi connectivity index (χ2v) is 5.29. The molecule has 1 saturated heterocycles. The third-order valence-electron chi connectivity index (χ3n) is 3.80. The first kappa shape index (κ1) is 13.6. The number of anilines is 1. The summed E-state index contributed by atoms with van der Waals surface area (Å²) in [4.78, 5) is 0. The number of ether oxygens (including phenoxy) is 1. The van der Waals surface area contributed by atoms with Crippen molar-refractivity contribution in [1.29, 1.82) is 5.26 Å². The standard InChI is InChI=1S/C14H18N6O/c1-20-9-12(8-18-20)13-10(3-2-4-21-13)6-16-14-11(5-15)7-17-19-14/h7-10,13H,2-4,6H2,1H3,(H2,16,17,19)/t10-,13+/m0/s1. The fourth-order valence-corrected chi connectivity index (χ4v) is 2.75. The van der Waals surface area contributed by atoms with Crippen LogP contribution in [0.2, 0.25) is 0 Å². The molecule has 7 nitrogen and oxygen atoms in total. The number of hydrogen-bond donors (Lipinski definition) is 2. The summed E-state index contributed by atoms with van der Waals surface area (Å²) in [6, 6.07) is 2.11. The number of H-pyrrole nitrogens is 1. The zero-order valence-electron chi connectivity index (χ0n) is 11.9. The molecule has 0 radical (unpaired) electrons. The smallest absolute Gasteiger partial charge is 0.139 e. The van der Waals surface area contributed by atoms with Crippen molar-refractivity contribution in [3.63, 3.8) is 0 Å². The molecule has 1 aliphatic heterocycles. The molecule has 2 atom stereocenters. The molecule has 3 heterocycles. The van der Waals surface area contributed by atoms with Gasteiger partial charge in [-0.05, 0) is 12.8 Å². The van der Waals surface area contributed by atoms with Gasteiger partial charge in [-0.15, -0.1) is 0 Å². The van der Waals surface area contributed by atoms with Crippen LogP contribution in [0.3, 0.4) is 0 Å².